The predicted molar refractivity (Wildman–Crippen MR) is 126 cm³/mol. The first-order chi connectivity index (χ1) is 15.0. The van der Waals surface area contributed by atoms with Crippen LogP contribution in [0.2, 0.25) is 0 Å². The Morgan fingerprint density at radius 2 is 1.84 bits per heavy atom. The second-order valence-electron chi connectivity index (χ2n) is 7.32. The molecule has 31 heavy (non-hydrogen) atoms. The lowest BCUT2D eigenvalue weighted by molar-refractivity contribution is -0.118. The molecule has 2 heterocycles. The van der Waals surface area contributed by atoms with Gasteiger partial charge in [0, 0.05) is 22.8 Å². The fourth-order valence-electron chi connectivity index (χ4n) is 3.25. The van der Waals surface area contributed by atoms with Gasteiger partial charge in [-0.15, -0.1) is 11.3 Å². The molecule has 2 aromatic heterocycles. The molecule has 4 rings (SSSR count). The van der Waals surface area contributed by atoms with Gasteiger partial charge in [-0.2, -0.15) is 0 Å². The quantitative estimate of drug-likeness (QED) is 0.420. The second-order valence-corrected chi connectivity index (χ2v) is 8.18. The molecular formula is C25H23N3O2S. The smallest absolute Gasteiger partial charge is 0.262 e. The number of benzene rings is 2. The number of aryl methyl sites for hydroxylation is 2. The molecule has 2 aromatic carbocycles. The first-order valence-electron chi connectivity index (χ1n) is 9.98. The third kappa shape index (κ3) is 4.81. The highest BCUT2D eigenvalue weighted by Gasteiger charge is 2.11. The van der Waals surface area contributed by atoms with Gasteiger partial charge in [-0.3, -0.25) is 9.78 Å². The number of anilines is 1. The van der Waals surface area contributed by atoms with E-state index in [-0.39, 0.29) is 12.5 Å². The number of thiazole rings is 1. The third-order valence-corrected chi connectivity index (χ3v) is 5.92. The van der Waals surface area contributed by atoms with E-state index in [2.05, 4.69) is 16.4 Å². The van der Waals surface area contributed by atoms with Crippen molar-refractivity contribution in [2.45, 2.75) is 20.8 Å². The number of hydrogen-bond donors (Lipinski definition) is 1. The van der Waals surface area contributed by atoms with Gasteiger partial charge in [-0.25, -0.2) is 4.98 Å². The van der Waals surface area contributed by atoms with Gasteiger partial charge in [0.1, 0.15) is 10.8 Å². The van der Waals surface area contributed by atoms with Crippen molar-refractivity contribution in [2.24, 2.45) is 0 Å². The molecule has 0 aliphatic rings. The van der Waals surface area contributed by atoms with E-state index in [4.69, 9.17) is 9.72 Å². The van der Waals surface area contributed by atoms with Crippen LogP contribution in [0.1, 0.15) is 16.7 Å². The summed E-state index contributed by atoms with van der Waals surface area (Å²) in [7, 11) is 0. The molecule has 0 bridgehead atoms. The van der Waals surface area contributed by atoms with Gasteiger partial charge < -0.3 is 10.1 Å². The van der Waals surface area contributed by atoms with Crippen LogP contribution in [-0.4, -0.2) is 22.5 Å². The van der Waals surface area contributed by atoms with Crippen LogP contribution in [0.25, 0.3) is 22.0 Å². The summed E-state index contributed by atoms with van der Waals surface area (Å²) in [4.78, 5) is 21.5. The molecule has 1 N–H and O–H groups in total. The highest BCUT2D eigenvalue weighted by Crippen LogP contribution is 2.29. The van der Waals surface area contributed by atoms with Crippen LogP contribution in [-0.2, 0) is 4.79 Å². The Balaban J connectivity index is 1.44. The van der Waals surface area contributed by atoms with Crippen molar-refractivity contribution in [1.29, 1.82) is 0 Å². The van der Waals surface area contributed by atoms with E-state index in [1.165, 1.54) is 0 Å². The van der Waals surface area contributed by atoms with Crippen LogP contribution < -0.4 is 10.1 Å². The zero-order chi connectivity index (χ0) is 21.8. The number of rotatable bonds is 6. The molecule has 5 nitrogen and oxygen atoms in total. The average molecular weight is 430 g/mol. The van der Waals surface area contributed by atoms with E-state index in [1.54, 1.807) is 17.5 Å². The van der Waals surface area contributed by atoms with Gasteiger partial charge >= 0.3 is 0 Å². The number of pyridine rings is 1. The summed E-state index contributed by atoms with van der Waals surface area (Å²) in [6.45, 7) is 5.98. The van der Waals surface area contributed by atoms with E-state index in [0.29, 0.717) is 5.69 Å². The Morgan fingerprint density at radius 3 is 2.65 bits per heavy atom. The Bertz CT molecular complexity index is 1220. The van der Waals surface area contributed by atoms with E-state index in [1.807, 2.05) is 74.7 Å². The Labute approximate surface area is 185 Å². The van der Waals surface area contributed by atoms with Crippen LogP contribution in [0.3, 0.4) is 0 Å². The summed E-state index contributed by atoms with van der Waals surface area (Å²) in [6, 6.07) is 17.5. The molecule has 0 atom stereocenters. The van der Waals surface area contributed by atoms with Gasteiger partial charge in [0.15, 0.2) is 6.61 Å². The van der Waals surface area contributed by atoms with Crippen molar-refractivity contribution in [3.05, 3.63) is 82.9 Å². The Morgan fingerprint density at radius 1 is 1.00 bits per heavy atom. The lowest BCUT2D eigenvalue weighted by Crippen LogP contribution is -2.20. The standard InChI is InChI=1S/C25H23N3O2S/c1-16-10-11-17(2)24(18(16)3)30-14-23(29)27-20-8-6-7-19(13-20)22-15-31-25(28-22)21-9-4-5-12-26-21/h4-13,15H,14H2,1-3H3,(H,27,29). The number of aromatic nitrogens is 2. The molecule has 6 heteroatoms. The molecule has 0 unspecified atom stereocenters. The van der Waals surface area contributed by atoms with Crippen molar-refractivity contribution in [3.8, 4) is 27.7 Å². The van der Waals surface area contributed by atoms with Crippen LogP contribution in [0.4, 0.5) is 5.69 Å². The van der Waals surface area contributed by atoms with Gasteiger partial charge in [0.2, 0.25) is 0 Å². The molecule has 0 fully saturated rings. The SMILES string of the molecule is Cc1ccc(C)c(OCC(=O)Nc2cccc(-c3csc(-c4ccccn4)n3)c2)c1C. The highest BCUT2D eigenvalue weighted by molar-refractivity contribution is 7.13. The Kier molecular flexibility index (Phi) is 6.09. The van der Waals surface area contributed by atoms with Crippen molar-refractivity contribution >= 4 is 22.9 Å². The van der Waals surface area contributed by atoms with Crippen LogP contribution in [0, 0.1) is 20.8 Å². The molecule has 0 aliphatic carbocycles. The maximum Gasteiger partial charge on any atom is 0.262 e. The lowest BCUT2D eigenvalue weighted by atomic mass is 10.1. The van der Waals surface area contributed by atoms with Gasteiger partial charge in [0.05, 0.1) is 11.4 Å². The van der Waals surface area contributed by atoms with Crippen molar-refractivity contribution in [3.63, 3.8) is 0 Å². The minimum Gasteiger partial charge on any atom is -0.483 e. The van der Waals surface area contributed by atoms with E-state index in [0.717, 1.165) is 44.4 Å². The first-order valence-corrected chi connectivity index (χ1v) is 10.9. The minimum atomic E-state index is -0.204. The number of nitrogens with one attached hydrogen (secondary N) is 1. The zero-order valence-electron chi connectivity index (χ0n) is 17.7. The van der Waals surface area contributed by atoms with Crippen LogP contribution in [0.15, 0.2) is 66.2 Å². The minimum absolute atomic E-state index is 0.0457. The third-order valence-electron chi connectivity index (χ3n) is 5.05. The molecular weight excluding hydrogens is 406 g/mol. The molecule has 0 spiro atoms. The average Bonchev–Trinajstić information content (AvgIpc) is 3.28. The summed E-state index contributed by atoms with van der Waals surface area (Å²) >= 11 is 1.55. The number of nitrogens with zero attached hydrogens (tertiary/aromatic N) is 2. The van der Waals surface area contributed by atoms with E-state index in [9.17, 15) is 4.79 Å². The maximum absolute atomic E-state index is 12.5. The van der Waals surface area contributed by atoms with Crippen LogP contribution in [0.5, 0.6) is 5.75 Å². The zero-order valence-corrected chi connectivity index (χ0v) is 18.5. The molecule has 0 radical (unpaired) electrons. The summed E-state index contributed by atoms with van der Waals surface area (Å²) < 4.78 is 5.82. The maximum atomic E-state index is 12.5. The predicted octanol–water partition coefficient (Wildman–Crippen LogP) is 5.81. The van der Waals surface area contributed by atoms with Crippen molar-refractivity contribution < 1.29 is 9.53 Å². The summed E-state index contributed by atoms with van der Waals surface area (Å²) in [5, 5.41) is 5.77. The number of carbonyl (C=O) groups excluding carboxylic acids is 1. The topological polar surface area (TPSA) is 64.1 Å². The fraction of sp³-hybridized carbons (Fsp3) is 0.160. The van der Waals surface area contributed by atoms with Gasteiger partial charge in [-0.1, -0.05) is 30.3 Å². The van der Waals surface area contributed by atoms with Crippen molar-refractivity contribution in [1.82, 2.24) is 9.97 Å². The van der Waals surface area contributed by atoms with Crippen molar-refractivity contribution in [2.75, 3.05) is 11.9 Å². The fourth-order valence-corrected chi connectivity index (χ4v) is 4.06. The Hall–Kier alpha value is -3.51. The lowest BCUT2D eigenvalue weighted by Gasteiger charge is -2.14. The van der Waals surface area contributed by atoms with E-state index >= 15 is 0 Å². The molecule has 1 amide bonds. The van der Waals surface area contributed by atoms with Gasteiger partial charge in [0.25, 0.3) is 5.91 Å². The first kappa shape index (κ1) is 20.8. The molecule has 0 saturated carbocycles. The molecule has 0 saturated heterocycles. The number of carbonyl (C=O) groups is 1. The second kappa shape index (κ2) is 9.10. The monoisotopic (exact) mass is 429 g/mol. The summed E-state index contributed by atoms with van der Waals surface area (Å²) in [5.41, 5.74) is 6.55. The van der Waals surface area contributed by atoms with Gasteiger partial charge in [-0.05, 0) is 61.7 Å². The van der Waals surface area contributed by atoms with Crippen LogP contribution >= 0.6 is 11.3 Å². The van der Waals surface area contributed by atoms with E-state index < -0.39 is 0 Å². The summed E-state index contributed by atoms with van der Waals surface area (Å²) in [6.07, 6.45) is 1.76. The summed E-state index contributed by atoms with van der Waals surface area (Å²) in [5.74, 6) is 0.568. The normalized spacial score (nSPS) is 10.7. The molecule has 4 aromatic rings. The highest BCUT2D eigenvalue weighted by atomic mass is 32.1. The molecule has 0 aliphatic heterocycles. The molecule has 156 valence electrons. The number of hydrogen-bond acceptors (Lipinski definition) is 5. The number of amides is 1. The number of ether oxygens (including phenoxy) is 1. The largest absolute Gasteiger partial charge is 0.483 e.